The van der Waals surface area contributed by atoms with Gasteiger partial charge < -0.3 is 5.32 Å². The van der Waals surface area contributed by atoms with Gasteiger partial charge in [-0.2, -0.15) is 10.2 Å². The van der Waals surface area contributed by atoms with Gasteiger partial charge in [-0.25, -0.2) is 4.79 Å². The number of aryl methyl sites for hydroxylation is 1. The van der Waals surface area contributed by atoms with Crippen molar-refractivity contribution in [2.45, 2.75) is 6.92 Å². The molecule has 0 aromatic heterocycles. The summed E-state index contributed by atoms with van der Waals surface area (Å²) in [6.45, 7) is 1.88. The van der Waals surface area contributed by atoms with Crippen molar-refractivity contribution in [1.29, 1.82) is 0 Å². The standard InChI is InChI=1S/C14H12BrN3O2/c1-9-8-10(15)6-7-12(9)17-14(19)16-11-4-2-3-5-13(11)18(17)20/h2-8,20H,1H3,(H,16,19). The Hall–Kier alpha value is -2.05. The van der Waals surface area contributed by atoms with E-state index < -0.39 is 6.03 Å². The maximum atomic E-state index is 12.2. The van der Waals surface area contributed by atoms with Crippen LogP contribution in [0.1, 0.15) is 5.56 Å². The molecule has 0 aliphatic carbocycles. The first-order valence-corrected chi connectivity index (χ1v) is 6.82. The van der Waals surface area contributed by atoms with E-state index in [0.717, 1.165) is 15.2 Å². The third kappa shape index (κ3) is 2.03. The minimum atomic E-state index is -0.406. The lowest BCUT2D eigenvalue weighted by atomic mass is 10.2. The summed E-state index contributed by atoms with van der Waals surface area (Å²) >= 11 is 3.38. The van der Waals surface area contributed by atoms with Crippen LogP contribution in [0, 0.1) is 6.92 Å². The molecule has 3 rings (SSSR count). The van der Waals surface area contributed by atoms with Gasteiger partial charge in [-0.15, -0.1) is 0 Å². The van der Waals surface area contributed by atoms with Crippen LogP contribution in [0.5, 0.6) is 0 Å². The number of rotatable bonds is 1. The first-order chi connectivity index (χ1) is 9.58. The minimum absolute atomic E-state index is 0.406. The zero-order valence-corrected chi connectivity index (χ0v) is 12.3. The molecule has 2 aromatic carbocycles. The van der Waals surface area contributed by atoms with E-state index in [-0.39, 0.29) is 0 Å². The molecule has 1 heterocycles. The van der Waals surface area contributed by atoms with E-state index in [1.54, 1.807) is 30.3 Å². The molecule has 0 spiro atoms. The SMILES string of the molecule is Cc1cc(Br)ccc1N1C(=O)Nc2ccccc2N1O. The van der Waals surface area contributed by atoms with Gasteiger partial charge in [0.05, 0.1) is 11.4 Å². The van der Waals surface area contributed by atoms with E-state index >= 15 is 0 Å². The molecule has 0 fully saturated rings. The number of carbonyl (C=O) groups excluding carboxylic acids is 1. The Morgan fingerprint density at radius 3 is 2.65 bits per heavy atom. The van der Waals surface area contributed by atoms with Crippen LogP contribution in [0.2, 0.25) is 0 Å². The highest BCUT2D eigenvalue weighted by Crippen LogP contribution is 2.34. The Morgan fingerprint density at radius 2 is 1.90 bits per heavy atom. The minimum Gasteiger partial charge on any atom is -0.304 e. The second-order valence-electron chi connectivity index (χ2n) is 4.48. The fourth-order valence-electron chi connectivity index (χ4n) is 2.18. The summed E-state index contributed by atoms with van der Waals surface area (Å²) in [7, 11) is 0. The predicted molar refractivity (Wildman–Crippen MR) is 81.1 cm³/mol. The number of para-hydroxylation sites is 2. The molecule has 2 N–H and O–H groups in total. The summed E-state index contributed by atoms with van der Waals surface area (Å²) in [6.07, 6.45) is 0. The maximum absolute atomic E-state index is 12.2. The molecule has 0 bridgehead atoms. The molecule has 2 aromatic rings. The average Bonchev–Trinajstić information content (AvgIpc) is 2.41. The third-order valence-electron chi connectivity index (χ3n) is 3.13. The number of hydrogen-bond acceptors (Lipinski definition) is 3. The Morgan fingerprint density at radius 1 is 1.15 bits per heavy atom. The lowest BCUT2D eigenvalue weighted by Gasteiger charge is -2.36. The van der Waals surface area contributed by atoms with Crippen molar-refractivity contribution < 1.29 is 10.0 Å². The van der Waals surface area contributed by atoms with Crippen LogP contribution in [-0.4, -0.2) is 11.2 Å². The number of nitrogens with zero attached hydrogens (tertiary/aromatic N) is 2. The summed E-state index contributed by atoms with van der Waals surface area (Å²) in [5, 5.41) is 15.1. The highest BCUT2D eigenvalue weighted by Gasteiger charge is 2.31. The number of hydrazine groups is 1. The smallest absolute Gasteiger partial charge is 0.304 e. The molecule has 1 aliphatic rings. The zero-order valence-electron chi connectivity index (χ0n) is 10.7. The maximum Gasteiger partial charge on any atom is 0.347 e. The van der Waals surface area contributed by atoms with Crippen LogP contribution in [0.3, 0.4) is 0 Å². The number of benzene rings is 2. The van der Waals surface area contributed by atoms with Gasteiger partial charge in [0.25, 0.3) is 0 Å². The Labute approximate surface area is 124 Å². The number of nitrogens with one attached hydrogen (secondary N) is 1. The average molecular weight is 334 g/mol. The van der Waals surface area contributed by atoms with E-state index in [1.807, 2.05) is 19.1 Å². The first-order valence-electron chi connectivity index (χ1n) is 6.03. The van der Waals surface area contributed by atoms with Crippen LogP contribution >= 0.6 is 15.9 Å². The quantitative estimate of drug-likeness (QED) is 0.831. The fraction of sp³-hybridized carbons (Fsp3) is 0.0714. The fourth-order valence-corrected chi connectivity index (χ4v) is 2.66. The predicted octanol–water partition coefficient (Wildman–Crippen LogP) is 3.92. The van der Waals surface area contributed by atoms with E-state index in [1.165, 1.54) is 5.01 Å². The van der Waals surface area contributed by atoms with Crippen LogP contribution in [0.25, 0.3) is 0 Å². The summed E-state index contributed by atoms with van der Waals surface area (Å²) in [5.74, 6) is 0. The molecule has 5 nitrogen and oxygen atoms in total. The molecule has 102 valence electrons. The number of fused-ring (bicyclic) bond motifs is 1. The van der Waals surface area contributed by atoms with Gasteiger partial charge in [0.15, 0.2) is 0 Å². The van der Waals surface area contributed by atoms with Crippen molar-refractivity contribution in [3.8, 4) is 0 Å². The van der Waals surface area contributed by atoms with Gasteiger partial charge in [0.2, 0.25) is 0 Å². The van der Waals surface area contributed by atoms with Gasteiger partial charge in [0.1, 0.15) is 5.69 Å². The van der Waals surface area contributed by atoms with Crippen molar-refractivity contribution in [2.75, 3.05) is 15.5 Å². The second-order valence-corrected chi connectivity index (χ2v) is 5.40. The highest BCUT2D eigenvalue weighted by atomic mass is 79.9. The highest BCUT2D eigenvalue weighted by molar-refractivity contribution is 9.10. The molecule has 0 atom stereocenters. The molecular formula is C14H12BrN3O2. The number of halogens is 1. The number of carbonyl (C=O) groups is 1. The van der Waals surface area contributed by atoms with Crippen molar-refractivity contribution in [3.63, 3.8) is 0 Å². The monoisotopic (exact) mass is 333 g/mol. The number of anilines is 3. The molecule has 0 unspecified atom stereocenters. The van der Waals surface area contributed by atoms with Gasteiger partial charge in [-0.1, -0.05) is 28.1 Å². The molecule has 20 heavy (non-hydrogen) atoms. The molecule has 2 amide bonds. The molecule has 0 saturated carbocycles. The number of amides is 2. The van der Waals surface area contributed by atoms with E-state index in [2.05, 4.69) is 21.2 Å². The Bertz CT molecular complexity index is 690. The number of urea groups is 1. The van der Waals surface area contributed by atoms with Crippen LogP contribution in [-0.2, 0) is 0 Å². The van der Waals surface area contributed by atoms with Crippen molar-refractivity contribution in [2.24, 2.45) is 0 Å². The Kier molecular flexibility index (Phi) is 3.11. The van der Waals surface area contributed by atoms with Gasteiger partial charge in [0, 0.05) is 4.47 Å². The molecule has 0 saturated heterocycles. The largest absolute Gasteiger partial charge is 0.347 e. The molecule has 0 radical (unpaired) electrons. The van der Waals surface area contributed by atoms with Crippen LogP contribution in [0.4, 0.5) is 21.9 Å². The second kappa shape index (κ2) is 4.81. The number of hydrogen-bond donors (Lipinski definition) is 2. The lowest BCUT2D eigenvalue weighted by Crippen LogP contribution is -2.51. The van der Waals surface area contributed by atoms with Crippen LogP contribution < -0.4 is 15.5 Å². The molecule has 6 heteroatoms. The van der Waals surface area contributed by atoms with Crippen molar-refractivity contribution in [3.05, 3.63) is 52.5 Å². The van der Waals surface area contributed by atoms with Gasteiger partial charge in [-0.3, -0.25) is 5.21 Å². The zero-order chi connectivity index (χ0) is 14.3. The lowest BCUT2D eigenvalue weighted by molar-refractivity contribution is 0.221. The Balaban J connectivity index is 2.08. The summed E-state index contributed by atoms with van der Waals surface area (Å²) in [5.41, 5.74) is 2.58. The van der Waals surface area contributed by atoms with E-state index in [9.17, 15) is 10.0 Å². The van der Waals surface area contributed by atoms with E-state index in [4.69, 9.17) is 0 Å². The van der Waals surface area contributed by atoms with Crippen LogP contribution in [0.15, 0.2) is 46.9 Å². The topological polar surface area (TPSA) is 55.8 Å². The van der Waals surface area contributed by atoms with Gasteiger partial charge >= 0.3 is 6.03 Å². The summed E-state index contributed by atoms with van der Waals surface area (Å²) in [4.78, 5) is 12.2. The van der Waals surface area contributed by atoms with Crippen molar-refractivity contribution in [1.82, 2.24) is 0 Å². The van der Waals surface area contributed by atoms with Crippen molar-refractivity contribution >= 4 is 39.0 Å². The molecular weight excluding hydrogens is 322 g/mol. The van der Waals surface area contributed by atoms with Gasteiger partial charge in [-0.05, 0) is 42.8 Å². The summed E-state index contributed by atoms with van der Waals surface area (Å²) < 4.78 is 0.918. The molecule has 1 aliphatic heterocycles. The normalized spacial score (nSPS) is 14.1. The third-order valence-corrected chi connectivity index (χ3v) is 3.62. The van der Waals surface area contributed by atoms with E-state index in [0.29, 0.717) is 17.1 Å². The first kappa shape index (κ1) is 13.0. The summed E-state index contributed by atoms with van der Waals surface area (Å²) in [6, 6.07) is 12.1.